The quantitative estimate of drug-likeness (QED) is 0.892. The SMILES string of the molecule is Cc1ccc(OCC(O)CN2CCOC(C)C2)c(C)c1. The van der Waals surface area contributed by atoms with Crippen LogP contribution in [0.25, 0.3) is 0 Å². The van der Waals surface area contributed by atoms with E-state index in [4.69, 9.17) is 9.47 Å². The highest BCUT2D eigenvalue weighted by Crippen LogP contribution is 2.19. The van der Waals surface area contributed by atoms with Crippen LogP contribution >= 0.6 is 0 Å². The van der Waals surface area contributed by atoms with Crippen LogP contribution in [0.5, 0.6) is 5.75 Å². The van der Waals surface area contributed by atoms with Gasteiger partial charge in [-0.3, -0.25) is 4.90 Å². The lowest BCUT2D eigenvalue weighted by Crippen LogP contribution is -2.45. The maximum absolute atomic E-state index is 10.1. The van der Waals surface area contributed by atoms with Gasteiger partial charge in [-0.1, -0.05) is 17.7 Å². The number of morpholine rings is 1. The summed E-state index contributed by atoms with van der Waals surface area (Å²) in [5.41, 5.74) is 2.33. The third-order valence-corrected chi connectivity index (χ3v) is 3.56. The summed E-state index contributed by atoms with van der Waals surface area (Å²) < 4.78 is 11.2. The van der Waals surface area contributed by atoms with Crippen molar-refractivity contribution in [2.45, 2.75) is 33.0 Å². The number of aliphatic hydroxyl groups is 1. The van der Waals surface area contributed by atoms with Gasteiger partial charge in [-0.25, -0.2) is 0 Å². The highest BCUT2D eigenvalue weighted by molar-refractivity contribution is 5.35. The lowest BCUT2D eigenvalue weighted by atomic mass is 10.1. The maximum atomic E-state index is 10.1. The van der Waals surface area contributed by atoms with Crippen LogP contribution in [-0.4, -0.2) is 55.1 Å². The first-order valence-corrected chi connectivity index (χ1v) is 7.26. The zero-order valence-electron chi connectivity index (χ0n) is 12.6. The van der Waals surface area contributed by atoms with Gasteiger partial charge in [-0.15, -0.1) is 0 Å². The standard InChI is InChI=1S/C16H25NO3/c1-12-4-5-16(13(2)8-12)20-11-15(18)10-17-6-7-19-14(3)9-17/h4-5,8,14-15,18H,6-7,9-11H2,1-3H3. The van der Waals surface area contributed by atoms with Crippen molar-refractivity contribution in [3.05, 3.63) is 29.3 Å². The van der Waals surface area contributed by atoms with Gasteiger partial charge in [0.2, 0.25) is 0 Å². The van der Waals surface area contributed by atoms with Crippen LogP contribution in [0.3, 0.4) is 0 Å². The Labute approximate surface area is 121 Å². The van der Waals surface area contributed by atoms with Crippen molar-refractivity contribution >= 4 is 0 Å². The molecule has 2 rings (SSSR count). The largest absolute Gasteiger partial charge is 0.491 e. The normalized spacial score (nSPS) is 21.7. The summed E-state index contributed by atoms with van der Waals surface area (Å²) >= 11 is 0. The van der Waals surface area contributed by atoms with Crippen molar-refractivity contribution in [3.63, 3.8) is 0 Å². The predicted octanol–water partition coefficient (Wildman–Crippen LogP) is 1.76. The summed E-state index contributed by atoms with van der Waals surface area (Å²) in [5.74, 6) is 0.852. The fourth-order valence-electron chi connectivity index (χ4n) is 2.55. The van der Waals surface area contributed by atoms with Crippen LogP contribution < -0.4 is 4.74 Å². The van der Waals surface area contributed by atoms with Gasteiger partial charge in [0.15, 0.2) is 0 Å². The van der Waals surface area contributed by atoms with Crippen molar-refractivity contribution in [1.82, 2.24) is 4.90 Å². The highest BCUT2D eigenvalue weighted by atomic mass is 16.5. The van der Waals surface area contributed by atoms with Gasteiger partial charge in [0.1, 0.15) is 18.5 Å². The lowest BCUT2D eigenvalue weighted by molar-refractivity contribution is -0.0361. The summed E-state index contributed by atoms with van der Waals surface area (Å²) in [6.07, 6.45) is -0.225. The molecule has 4 nitrogen and oxygen atoms in total. The zero-order chi connectivity index (χ0) is 14.5. The van der Waals surface area contributed by atoms with E-state index in [1.54, 1.807) is 0 Å². The highest BCUT2D eigenvalue weighted by Gasteiger charge is 2.19. The number of rotatable bonds is 5. The first-order valence-electron chi connectivity index (χ1n) is 7.26. The summed E-state index contributed by atoms with van der Waals surface area (Å²) in [4.78, 5) is 2.23. The van der Waals surface area contributed by atoms with E-state index in [2.05, 4.69) is 24.8 Å². The molecule has 0 bridgehead atoms. The Bertz CT molecular complexity index is 436. The summed E-state index contributed by atoms with van der Waals surface area (Å²) in [6.45, 7) is 9.61. The van der Waals surface area contributed by atoms with Gasteiger partial charge < -0.3 is 14.6 Å². The summed E-state index contributed by atoms with van der Waals surface area (Å²) in [7, 11) is 0. The molecule has 112 valence electrons. The molecule has 0 aromatic heterocycles. The molecule has 1 N–H and O–H groups in total. The number of ether oxygens (including phenoxy) is 2. The molecular weight excluding hydrogens is 254 g/mol. The molecule has 1 heterocycles. The topological polar surface area (TPSA) is 41.9 Å². The smallest absolute Gasteiger partial charge is 0.122 e. The van der Waals surface area contributed by atoms with E-state index < -0.39 is 6.10 Å². The molecule has 0 radical (unpaired) electrons. The minimum Gasteiger partial charge on any atom is -0.491 e. The van der Waals surface area contributed by atoms with E-state index in [0.717, 1.165) is 31.0 Å². The minimum atomic E-state index is -0.471. The average molecular weight is 279 g/mol. The van der Waals surface area contributed by atoms with E-state index in [9.17, 15) is 5.11 Å². The summed E-state index contributed by atoms with van der Waals surface area (Å²) in [6, 6.07) is 6.08. The molecule has 2 unspecified atom stereocenters. The second-order valence-electron chi connectivity index (χ2n) is 5.67. The first-order chi connectivity index (χ1) is 9.54. The van der Waals surface area contributed by atoms with Crippen molar-refractivity contribution in [2.24, 2.45) is 0 Å². The molecule has 1 aromatic rings. The fraction of sp³-hybridized carbons (Fsp3) is 0.625. The van der Waals surface area contributed by atoms with Gasteiger partial charge in [0, 0.05) is 19.6 Å². The molecular formula is C16H25NO3. The Morgan fingerprint density at radius 1 is 1.45 bits per heavy atom. The van der Waals surface area contributed by atoms with Crippen molar-refractivity contribution in [1.29, 1.82) is 0 Å². The van der Waals surface area contributed by atoms with Crippen LogP contribution in [-0.2, 0) is 4.74 Å². The monoisotopic (exact) mass is 279 g/mol. The molecule has 0 spiro atoms. The number of hydrogen-bond donors (Lipinski definition) is 1. The van der Waals surface area contributed by atoms with E-state index in [1.165, 1.54) is 5.56 Å². The van der Waals surface area contributed by atoms with Crippen LogP contribution in [0.2, 0.25) is 0 Å². The van der Waals surface area contributed by atoms with Crippen LogP contribution in [0.1, 0.15) is 18.1 Å². The van der Waals surface area contributed by atoms with Gasteiger partial charge in [-0.05, 0) is 32.4 Å². The Balaban J connectivity index is 1.78. The molecule has 0 aliphatic carbocycles. The fourth-order valence-corrected chi connectivity index (χ4v) is 2.55. The number of nitrogens with zero attached hydrogens (tertiary/aromatic N) is 1. The van der Waals surface area contributed by atoms with Crippen LogP contribution in [0, 0.1) is 13.8 Å². The molecule has 2 atom stereocenters. The van der Waals surface area contributed by atoms with Crippen LogP contribution in [0.15, 0.2) is 18.2 Å². The average Bonchev–Trinajstić information content (AvgIpc) is 2.37. The molecule has 20 heavy (non-hydrogen) atoms. The molecule has 1 aliphatic heterocycles. The van der Waals surface area contributed by atoms with E-state index in [-0.39, 0.29) is 6.10 Å². The van der Waals surface area contributed by atoms with Gasteiger partial charge in [0.05, 0.1) is 12.7 Å². The number of β-amino-alcohol motifs (C(OH)–C–C–N with tert-alkyl or cyclic N) is 1. The first kappa shape index (κ1) is 15.3. The number of aliphatic hydroxyl groups excluding tert-OH is 1. The zero-order valence-corrected chi connectivity index (χ0v) is 12.6. The molecule has 0 saturated carbocycles. The molecule has 0 amide bonds. The third kappa shape index (κ3) is 4.47. The number of benzene rings is 1. The maximum Gasteiger partial charge on any atom is 0.122 e. The Morgan fingerprint density at radius 3 is 2.95 bits per heavy atom. The molecule has 1 saturated heterocycles. The summed E-state index contributed by atoms with van der Waals surface area (Å²) in [5, 5.41) is 10.1. The van der Waals surface area contributed by atoms with E-state index in [1.807, 2.05) is 19.1 Å². The second kappa shape index (κ2) is 7.07. The van der Waals surface area contributed by atoms with Crippen molar-refractivity contribution < 1.29 is 14.6 Å². The van der Waals surface area contributed by atoms with Gasteiger partial charge in [0.25, 0.3) is 0 Å². The second-order valence-corrected chi connectivity index (χ2v) is 5.67. The number of hydrogen-bond acceptors (Lipinski definition) is 4. The molecule has 1 aromatic carbocycles. The Hall–Kier alpha value is -1.10. The minimum absolute atomic E-state index is 0.246. The van der Waals surface area contributed by atoms with E-state index in [0.29, 0.717) is 13.2 Å². The third-order valence-electron chi connectivity index (χ3n) is 3.56. The number of aryl methyl sites for hydroxylation is 2. The Morgan fingerprint density at radius 2 is 2.25 bits per heavy atom. The molecule has 1 fully saturated rings. The lowest BCUT2D eigenvalue weighted by Gasteiger charge is -2.32. The van der Waals surface area contributed by atoms with Crippen molar-refractivity contribution in [2.75, 3.05) is 32.8 Å². The van der Waals surface area contributed by atoms with Crippen LogP contribution in [0.4, 0.5) is 0 Å². The molecule has 1 aliphatic rings. The molecule has 4 heteroatoms. The van der Waals surface area contributed by atoms with Gasteiger partial charge in [-0.2, -0.15) is 0 Å². The van der Waals surface area contributed by atoms with Gasteiger partial charge >= 0.3 is 0 Å². The van der Waals surface area contributed by atoms with Crippen molar-refractivity contribution in [3.8, 4) is 5.75 Å². The predicted molar refractivity (Wildman–Crippen MR) is 79.3 cm³/mol. The Kier molecular flexibility index (Phi) is 5.40. The van der Waals surface area contributed by atoms with E-state index >= 15 is 0 Å².